The smallest absolute Gasteiger partial charge is 0.389 e. The number of carbonyl (C=O) groups excluding carboxylic acids is 1. The molecule has 0 aromatic rings. The van der Waals surface area contributed by atoms with Crippen molar-refractivity contribution >= 4 is 5.97 Å². The van der Waals surface area contributed by atoms with Gasteiger partial charge in [-0.2, -0.15) is 13.2 Å². The molecule has 0 heterocycles. The minimum atomic E-state index is -4.31. The van der Waals surface area contributed by atoms with Crippen LogP contribution in [0.2, 0.25) is 0 Å². The minimum absolute atomic E-state index is 0.136. The topological polar surface area (TPSA) is 26.3 Å². The lowest BCUT2D eigenvalue weighted by atomic mass is 10.0. The second-order valence-electron chi connectivity index (χ2n) is 3.95. The molecular weight excluding hydrogens is 209 g/mol. The maximum Gasteiger partial charge on any atom is 0.389 e. The van der Waals surface area contributed by atoms with Gasteiger partial charge in [0.25, 0.3) is 0 Å². The summed E-state index contributed by atoms with van der Waals surface area (Å²) in [6.45, 7) is 5.39. The highest BCUT2D eigenvalue weighted by Gasteiger charge is 2.35. The number of alkyl halides is 3. The van der Waals surface area contributed by atoms with Crippen LogP contribution < -0.4 is 0 Å². The van der Waals surface area contributed by atoms with E-state index in [-0.39, 0.29) is 18.9 Å². The van der Waals surface area contributed by atoms with Gasteiger partial charge in [-0.25, -0.2) is 0 Å². The maximum atomic E-state index is 12.0. The lowest BCUT2D eigenvalue weighted by Crippen LogP contribution is -2.25. The Kier molecular flexibility index (Phi) is 5.68. The van der Waals surface area contributed by atoms with Crippen LogP contribution in [-0.4, -0.2) is 18.8 Å². The maximum absolute atomic E-state index is 12.0. The van der Waals surface area contributed by atoms with Gasteiger partial charge in [0.1, 0.15) is 0 Å². The van der Waals surface area contributed by atoms with Crippen LogP contribution >= 0.6 is 0 Å². The molecule has 1 unspecified atom stereocenters. The Hall–Kier alpha value is -0.740. The summed E-state index contributed by atoms with van der Waals surface area (Å²) in [6.07, 6.45) is -5.26. The Morgan fingerprint density at radius 1 is 1.33 bits per heavy atom. The van der Waals surface area contributed by atoms with Crippen LogP contribution in [0.3, 0.4) is 0 Å². The third kappa shape index (κ3) is 7.22. The average Bonchev–Trinajstić information content (AvgIpc) is 2.08. The van der Waals surface area contributed by atoms with Gasteiger partial charge in [-0.15, -0.1) is 0 Å². The highest BCUT2D eigenvalue weighted by Crippen LogP contribution is 2.27. The second kappa shape index (κ2) is 5.98. The van der Waals surface area contributed by atoms with Gasteiger partial charge in [0.15, 0.2) is 0 Å². The fraction of sp³-hybridized carbons (Fsp3) is 0.900. The van der Waals surface area contributed by atoms with E-state index in [0.29, 0.717) is 0 Å². The zero-order valence-electron chi connectivity index (χ0n) is 9.23. The number of hydrogen-bond acceptors (Lipinski definition) is 2. The summed E-state index contributed by atoms with van der Waals surface area (Å²) in [5.74, 6) is -1.68. The first kappa shape index (κ1) is 14.3. The highest BCUT2D eigenvalue weighted by atomic mass is 19.4. The van der Waals surface area contributed by atoms with Crippen molar-refractivity contribution in [1.82, 2.24) is 0 Å². The summed E-state index contributed by atoms with van der Waals surface area (Å²) in [5.41, 5.74) is 0. The molecule has 0 aliphatic carbocycles. The van der Waals surface area contributed by atoms with Gasteiger partial charge in [0.2, 0.25) is 0 Å². The van der Waals surface area contributed by atoms with Gasteiger partial charge < -0.3 is 4.74 Å². The van der Waals surface area contributed by atoms with E-state index in [2.05, 4.69) is 0 Å². The summed E-state index contributed by atoms with van der Waals surface area (Å²) >= 11 is 0. The van der Waals surface area contributed by atoms with E-state index in [4.69, 9.17) is 4.74 Å². The standard InChI is InChI=1S/C10H17F3O2/c1-4-8(5-10(11,12)13)9(14)15-6-7(2)3/h7-8H,4-6H2,1-3H3. The van der Waals surface area contributed by atoms with Crippen molar-refractivity contribution in [1.29, 1.82) is 0 Å². The molecule has 0 N–H and O–H groups in total. The third-order valence-corrected chi connectivity index (χ3v) is 1.86. The molecule has 0 aromatic heterocycles. The Morgan fingerprint density at radius 2 is 1.87 bits per heavy atom. The Labute approximate surface area is 87.8 Å². The van der Waals surface area contributed by atoms with Crippen LogP contribution in [0.1, 0.15) is 33.6 Å². The highest BCUT2D eigenvalue weighted by molar-refractivity contribution is 5.72. The molecule has 0 bridgehead atoms. The molecule has 0 radical (unpaired) electrons. The van der Waals surface area contributed by atoms with Crippen molar-refractivity contribution in [3.63, 3.8) is 0 Å². The van der Waals surface area contributed by atoms with E-state index in [1.165, 1.54) is 0 Å². The van der Waals surface area contributed by atoms with Crippen LogP contribution in [0.15, 0.2) is 0 Å². The zero-order chi connectivity index (χ0) is 12.1. The molecule has 15 heavy (non-hydrogen) atoms. The van der Waals surface area contributed by atoms with E-state index >= 15 is 0 Å². The number of rotatable bonds is 5. The summed E-state index contributed by atoms with van der Waals surface area (Å²) in [5, 5.41) is 0. The number of ether oxygens (including phenoxy) is 1. The lowest BCUT2D eigenvalue weighted by Gasteiger charge is -2.16. The molecule has 2 nitrogen and oxygen atoms in total. The fourth-order valence-electron chi connectivity index (χ4n) is 1.04. The van der Waals surface area contributed by atoms with Crippen molar-refractivity contribution < 1.29 is 22.7 Å². The summed E-state index contributed by atoms with van der Waals surface area (Å²) < 4.78 is 40.9. The normalized spacial score (nSPS) is 14.1. The predicted molar refractivity (Wildman–Crippen MR) is 50.3 cm³/mol. The van der Waals surface area contributed by atoms with E-state index in [1.807, 2.05) is 13.8 Å². The van der Waals surface area contributed by atoms with Gasteiger partial charge in [-0.1, -0.05) is 20.8 Å². The van der Waals surface area contributed by atoms with Crippen molar-refractivity contribution in [2.24, 2.45) is 11.8 Å². The first-order chi connectivity index (χ1) is 6.76. The lowest BCUT2D eigenvalue weighted by molar-refractivity contribution is -0.168. The Bertz CT molecular complexity index is 199. The third-order valence-electron chi connectivity index (χ3n) is 1.86. The Morgan fingerprint density at radius 3 is 2.20 bits per heavy atom. The second-order valence-corrected chi connectivity index (χ2v) is 3.95. The van der Waals surface area contributed by atoms with E-state index in [0.717, 1.165) is 0 Å². The molecule has 90 valence electrons. The van der Waals surface area contributed by atoms with Gasteiger partial charge in [-0.3, -0.25) is 4.79 Å². The van der Waals surface area contributed by atoms with Gasteiger partial charge in [-0.05, 0) is 12.3 Å². The summed E-state index contributed by atoms with van der Waals surface area (Å²) in [4.78, 5) is 11.2. The molecule has 0 aliphatic rings. The SMILES string of the molecule is CCC(CC(F)(F)F)C(=O)OCC(C)C. The van der Waals surface area contributed by atoms with Crippen molar-refractivity contribution in [2.75, 3.05) is 6.61 Å². The molecule has 0 rings (SSSR count). The van der Waals surface area contributed by atoms with E-state index in [9.17, 15) is 18.0 Å². The summed E-state index contributed by atoms with van der Waals surface area (Å²) in [7, 11) is 0. The number of carbonyl (C=O) groups is 1. The molecule has 0 aromatic carbocycles. The number of halogens is 3. The van der Waals surface area contributed by atoms with Crippen molar-refractivity contribution in [3.8, 4) is 0 Å². The van der Waals surface area contributed by atoms with Crippen molar-refractivity contribution in [2.45, 2.75) is 39.8 Å². The van der Waals surface area contributed by atoms with E-state index < -0.39 is 24.5 Å². The molecule has 0 saturated carbocycles. The quantitative estimate of drug-likeness (QED) is 0.673. The molecule has 5 heteroatoms. The molecular formula is C10H17F3O2. The number of esters is 1. The van der Waals surface area contributed by atoms with Crippen LogP contribution in [0.5, 0.6) is 0 Å². The summed E-state index contributed by atoms with van der Waals surface area (Å²) in [6, 6.07) is 0. The van der Waals surface area contributed by atoms with Gasteiger partial charge in [0, 0.05) is 0 Å². The largest absolute Gasteiger partial charge is 0.465 e. The zero-order valence-corrected chi connectivity index (χ0v) is 9.23. The van der Waals surface area contributed by atoms with Crippen LogP contribution in [-0.2, 0) is 9.53 Å². The number of hydrogen-bond donors (Lipinski definition) is 0. The molecule has 0 aliphatic heterocycles. The molecule has 0 amide bonds. The van der Waals surface area contributed by atoms with Crippen LogP contribution in [0.25, 0.3) is 0 Å². The molecule has 0 saturated heterocycles. The first-order valence-corrected chi connectivity index (χ1v) is 4.99. The fourth-order valence-corrected chi connectivity index (χ4v) is 1.04. The van der Waals surface area contributed by atoms with E-state index in [1.54, 1.807) is 6.92 Å². The molecule has 1 atom stereocenters. The monoisotopic (exact) mass is 226 g/mol. The van der Waals surface area contributed by atoms with Crippen LogP contribution in [0.4, 0.5) is 13.2 Å². The minimum Gasteiger partial charge on any atom is -0.465 e. The van der Waals surface area contributed by atoms with Crippen LogP contribution in [0, 0.1) is 11.8 Å². The van der Waals surface area contributed by atoms with Gasteiger partial charge >= 0.3 is 12.1 Å². The van der Waals surface area contributed by atoms with Crippen molar-refractivity contribution in [3.05, 3.63) is 0 Å². The van der Waals surface area contributed by atoms with Gasteiger partial charge in [0.05, 0.1) is 18.9 Å². The molecule has 0 fully saturated rings. The Balaban J connectivity index is 4.11. The first-order valence-electron chi connectivity index (χ1n) is 4.99. The predicted octanol–water partition coefficient (Wildman–Crippen LogP) is 3.16. The molecule has 0 spiro atoms. The average molecular weight is 226 g/mol.